The highest BCUT2D eigenvalue weighted by Gasteiger charge is 2.31. The highest BCUT2D eigenvalue weighted by atomic mass is 16.5. The van der Waals surface area contributed by atoms with E-state index in [4.69, 9.17) is 33.1 Å². The van der Waals surface area contributed by atoms with Crippen molar-refractivity contribution < 1.29 is 32.9 Å². The Morgan fingerprint density at radius 3 is 2.10 bits per heavy atom. The summed E-state index contributed by atoms with van der Waals surface area (Å²) in [6.45, 7) is 0.873. The van der Waals surface area contributed by atoms with Gasteiger partial charge in [0.25, 0.3) is 6.01 Å². The Morgan fingerprint density at radius 2 is 1.52 bits per heavy atom. The molecule has 0 aliphatic heterocycles. The molecule has 2 atom stereocenters. The van der Waals surface area contributed by atoms with Gasteiger partial charge >= 0.3 is 5.97 Å². The number of nitrogens with zero attached hydrogens (tertiary/aromatic N) is 3. The quantitative estimate of drug-likeness (QED) is 0.200. The second-order valence-corrected chi connectivity index (χ2v) is 10.4. The Morgan fingerprint density at radius 1 is 0.881 bits per heavy atom. The molecule has 2 heterocycles. The van der Waals surface area contributed by atoms with Crippen molar-refractivity contribution in [2.24, 2.45) is 5.92 Å². The fourth-order valence-corrected chi connectivity index (χ4v) is 5.71. The molecule has 10 nitrogen and oxygen atoms in total. The van der Waals surface area contributed by atoms with Crippen molar-refractivity contribution in [2.75, 3.05) is 40.4 Å². The molecule has 0 N–H and O–H groups in total. The van der Waals surface area contributed by atoms with Crippen LogP contribution in [0.3, 0.4) is 0 Å². The van der Waals surface area contributed by atoms with E-state index in [1.165, 1.54) is 7.11 Å². The molecule has 2 aromatic carbocycles. The number of methoxy groups -OCH3 is 5. The average Bonchev–Trinajstić information content (AvgIpc) is 3.49. The van der Waals surface area contributed by atoms with Crippen molar-refractivity contribution >= 4 is 23.1 Å². The number of benzene rings is 2. The highest BCUT2D eigenvalue weighted by molar-refractivity contribution is 5.78. The van der Waals surface area contributed by atoms with Crippen molar-refractivity contribution in [1.82, 2.24) is 9.97 Å². The number of esters is 1. The third-order valence-corrected chi connectivity index (χ3v) is 7.94. The molecule has 0 bridgehead atoms. The van der Waals surface area contributed by atoms with Crippen LogP contribution in [0.5, 0.6) is 23.0 Å². The Hall–Kier alpha value is -4.47. The maximum atomic E-state index is 12.3. The number of ether oxygens (including phenoxy) is 5. The molecule has 1 aliphatic carbocycles. The van der Waals surface area contributed by atoms with Gasteiger partial charge in [0.05, 0.1) is 60.8 Å². The summed E-state index contributed by atoms with van der Waals surface area (Å²) in [5, 5.41) is 0. The lowest BCUT2D eigenvalue weighted by molar-refractivity contribution is -0.146. The zero-order valence-corrected chi connectivity index (χ0v) is 24.7. The topological polar surface area (TPSA) is 105 Å². The van der Waals surface area contributed by atoms with Crippen LogP contribution in [0.25, 0.3) is 11.1 Å². The number of aromatic nitrogens is 2. The van der Waals surface area contributed by atoms with Gasteiger partial charge in [-0.25, -0.2) is 0 Å². The van der Waals surface area contributed by atoms with Crippen LogP contribution >= 0.6 is 0 Å². The van der Waals surface area contributed by atoms with Crippen LogP contribution in [0.4, 0.5) is 6.01 Å². The largest absolute Gasteiger partial charge is 0.497 e. The van der Waals surface area contributed by atoms with E-state index in [1.807, 2.05) is 47.5 Å². The molecule has 0 saturated heterocycles. The first kappa shape index (κ1) is 29.0. The van der Waals surface area contributed by atoms with Crippen molar-refractivity contribution in [3.63, 3.8) is 0 Å². The Balaban J connectivity index is 1.54. The number of hydrogen-bond donors (Lipinski definition) is 0. The summed E-state index contributed by atoms with van der Waals surface area (Å²) in [7, 11) is 7.97. The first-order chi connectivity index (χ1) is 20.5. The van der Waals surface area contributed by atoms with Crippen LogP contribution in [0, 0.1) is 5.92 Å². The van der Waals surface area contributed by atoms with Crippen molar-refractivity contribution in [3.8, 4) is 23.0 Å². The molecule has 1 saturated carbocycles. The van der Waals surface area contributed by atoms with Gasteiger partial charge < -0.3 is 33.0 Å². The first-order valence-corrected chi connectivity index (χ1v) is 14.0. The Bertz CT molecular complexity index is 1480. The summed E-state index contributed by atoms with van der Waals surface area (Å²) in [5.74, 6) is 2.62. The van der Waals surface area contributed by atoms with Crippen molar-refractivity contribution in [3.05, 3.63) is 65.5 Å². The molecule has 222 valence electrons. The number of oxazole rings is 1. The van der Waals surface area contributed by atoms with Gasteiger partial charge in [0.1, 0.15) is 28.5 Å². The third-order valence-electron chi connectivity index (χ3n) is 7.94. The monoisotopic (exact) mass is 575 g/mol. The fourth-order valence-electron chi connectivity index (χ4n) is 5.71. The number of rotatable bonds is 11. The second kappa shape index (κ2) is 13.0. The molecule has 0 amide bonds. The fraction of sp³-hybridized carbons (Fsp3) is 0.406. The van der Waals surface area contributed by atoms with Crippen LogP contribution in [0.15, 0.2) is 53.2 Å². The maximum Gasteiger partial charge on any atom is 0.308 e. The number of carbonyl (C=O) groups excluding carboxylic acids is 1. The summed E-state index contributed by atoms with van der Waals surface area (Å²) >= 11 is 0. The second-order valence-electron chi connectivity index (χ2n) is 10.4. The number of pyridine rings is 1. The number of hydrogen-bond acceptors (Lipinski definition) is 10. The van der Waals surface area contributed by atoms with Crippen LogP contribution in [0.2, 0.25) is 0 Å². The van der Waals surface area contributed by atoms with E-state index in [0.29, 0.717) is 59.6 Å². The third kappa shape index (κ3) is 6.07. The minimum Gasteiger partial charge on any atom is -0.497 e. The number of fused-ring (bicyclic) bond motifs is 1. The van der Waals surface area contributed by atoms with Gasteiger partial charge in [0, 0.05) is 35.0 Å². The summed E-state index contributed by atoms with van der Waals surface area (Å²) in [6, 6.07) is 11.9. The van der Waals surface area contributed by atoms with Gasteiger partial charge in [-0.1, -0.05) is 6.42 Å². The molecule has 4 aromatic rings. The van der Waals surface area contributed by atoms with Crippen molar-refractivity contribution in [1.29, 1.82) is 0 Å². The molecule has 10 heteroatoms. The summed E-state index contributed by atoms with van der Waals surface area (Å²) in [6.07, 6.45) is 6.95. The van der Waals surface area contributed by atoms with E-state index >= 15 is 0 Å². The SMILES string of the molecule is COC(=O)[C@@H]1CCCC(c2cncc3nc(N(Cc4ccc(OC)cc4OC)Cc4ccc(OC)cc4OC)oc23)C1. The summed E-state index contributed by atoms with van der Waals surface area (Å²) in [5.41, 5.74) is 4.17. The molecule has 1 aliphatic rings. The van der Waals surface area contributed by atoms with E-state index < -0.39 is 0 Å². The molecule has 42 heavy (non-hydrogen) atoms. The summed E-state index contributed by atoms with van der Waals surface area (Å²) in [4.78, 5) is 23.7. The van der Waals surface area contributed by atoms with Crippen LogP contribution in [0.1, 0.15) is 48.3 Å². The van der Waals surface area contributed by atoms with Gasteiger partial charge in [-0.05, 0) is 49.4 Å². The van der Waals surface area contributed by atoms with E-state index in [0.717, 1.165) is 36.0 Å². The Labute approximate surface area is 245 Å². The first-order valence-electron chi connectivity index (χ1n) is 14.0. The van der Waals surface area contributed by atoms with E-state index in [9.17, 15) is 4.79 Å². The number of carbonyl (C=O) groups is 1. The van der Waals surface area contributed by atoms with E-state index in [1.54, 1.807) is 34.6 Å². The molecular weight excluding hydrogens is 538 g/mol. The van der Waals surface area contributed by atoms with E-state index in [-0.39, 0.29) is 17.8 Å². The van der Waals surface area contributed by atoms with Crippen LogP contribution in [-0.2, 0) is 22.6 Å². The molecule has 5 rings (SSSR count). The molecule has 2 aromatic heterocycles. The normalized spacial score (nSPS) is 16.6. The zero-order chi connectivity index (χ0) is 29.6. The number of anilines is 1. The lowest BCUT2D eigenvalue weighted by Crippen LogP contribution is -2.23. The van der Waals surface area contributed by atoms with Gasteiger partial charge in [-0.2, -0.15) is 4.98 Å². The average molecular weight is 576 g/mol. The lowest BCUT2D eigenvalue weighted by atomic mass is 9.78. The molecule has 1 unspecified atom stereocenters. The molecular formula is C32H37N3O7. The standard InChI is InChI=1S/C32H37N3O7/c1-37-24-11-9-22(28(14-24)39-3)18-35(19-23-10-12-25(38-2)15-29(23)40-4)32-34-27-17-33-16-26(30(27)42-32)20-7-6-8-21(13-20)31(36)41-5/h9-12,14-17,20-21H,6-8,13,18-19H2,1-5H3/t20?,21-/m1/s1. The highest BCUT2D eigenvalue weighted by Crippen LogP contribution is 2.40. The molecule has 0 radical (unpaired) electrons. The molecule has 0 spiro atoms. The van der Waals surface area contributed by atoms with Crippen LogP contribution in [-0.4, -0.2) is 51.5 Å². The lowest BCUT2D eigenvalue weighted by Gasteiger charge is -2.27. The maximum absolute atomic E-state index is 12.3. The molecule has 1 fully saturated rings. The van der Waals surface area contributed by atoms with Gasteiger partial charge in [-0.3, -0.25) is 9.78 Å². The zero-order valence-electron chi connectivity index (χ0n) is 24.7. The smallest absolute Gasteiger partial charge is 0.308 e. The predicted molar refractivity (Wildman–Crippen MR) is 157 cm³/mol. The Kier molecular flexibility index (Phi) is 9.00. The minimum atomic E-state index is -0.161. The van der Waals surface area contributed by atoms with Gasteiger partial charge in [0.2, 0.25) is 0 Å². The predicted octanol–water partition coefficient (Wildman–Crippen LogP) is 5.91. The minimum absolute atomic E-state index is 0.122. The van der Waals surface area contributed by atoms with Gasteiger partial charge in [-0.15, -0.1) is 0 Å². The van der Waals surface area contributed by atoms with Crippen molar-refractivity contribution in [2.45, 2.75) is 44.7 Å². The van der Waals surface area contributed by atoms with Gasteiger partial charge in [0.15, 0.2) is 5.58 Å². The summed E-state index contributed by atoms with van der Waals surface area (Å²) < 4.78 is 33.8. The van der Waals surface area contributed by atoms with E-state index in [2.05, 4.69) is 4.98 Å². The van der Waals surface area contributed by atoms with Crippen LogP contribution < -0.4 is 23.8 Å².